The Labute approximate surface area is 119 Å². The first kappa shape index (κ1) is 16.5. The van der Waals surface area contributed by atoms with Crippen LogP contribution in [0.25, 0.3) is 0 Å². The van der Waals surface area contributed by atoms with Crippen LogP contribution in [0.2, 0.25) is 0 Å². The van der Waals surface area contributed by atoms with E-state index in [2.05, 4.69) is 5.32 Å². The summed E-state index contributed by atoms with van der Waals surface area (Å²) in [7, 11) is 1.53. The van der Waals surface area contributed by atoms with E-state index in [4.69, 9.17) is 9.47 Å². The van der Waals surface area contributed by atoms with Gasteiger partial charge in [-0.05, 0) is 25.0 Å². The zero-order valence-electron chi connectivity index (χ0n) is 12.1. The largest absolute Gasteiger partial charge is 0.493 e. The Morgan fingerprint density at radius 2 is 2.15 bits per heavy atom. The van der Waals surface area contributed by atoms with Gasteiger partial charge in [0.1, 0.15) is 5.75 Å². The van der Waals surface area contributed by atoms with Gasteiger partial charge in [-0.15, -0.1) is 0 Å². The number of carbonyl (C=O) groups is 1. The van der Waals surface area contributed by atoms with Crippen LogP contribution < -0.4 is 10.1 Å². The molecule has 1 atom stereocenters. The number of rotatable bonds is 9. The standard InChI is InChI=1S/C15H23NO4/c1-12-5-3-4-6-14(12)20-10-8-15(18)16-9-7-13(17)11-19-2/h3-6,13,17H,7-11H2,1-2H3,(H,16,18). The van der Waals surface area contributed by atoms with Crippen molar-refractivity contribution in [2.75, 3.05) is 26.9 Å². The van der Waals surface area contributed by atoms with Crippen LogP contribution in [0.15, 0.2) is 24.3 Å². The summed E-state index contributed by atoms with van der Waals surface area (Å²) >= 11 is 0. The number of amides is 1. The lowest BCUT2D eigenvalue weighted by Crippen LogP contribution is -2.29. The molecule has 1 rings (SSSR count). The number of benzene rings is 1. The molecule has 1 aromatic carbocycles. The fraction of sp³-hybridized carbons (Fsp3) is 0.533. The van der Waals surface area contributed by atoms with Crippen LogP contribution in [0, 0.1) is 6.92 Å². The van der Waals surface area contributed by atoms with Crippen LogP contribution in [0.3, 0.4) is 0 Å². The lowest BCUT2D eigenvalue weighted by atomic mass is 10.2. The van der Waals surface area contributed by atoms with Gasteiger partial charge in [-0.3, -0.25) is 4.79 Å². The van der Waals surface area contributed by atoms with Crippen LogP contribution in [-0.4, -0.2) is 44.0 Å². The predicted octanol–water partition coefficient (Wildman–Crippen LogP) is 1.28. The van der Waals surface area contributed by atoms with Crippen molar-refractivity contribution in [1.29, 1.82) is 0 Å². The van der Waals surface area contributed by atoms with Crippen molar-refractivity contribution in [2.24, 2.45) is 0 Å². The zero-order valence-corrected chi connectivity index (χ0v) is 12.1. The fourth-order valence-corrected chi connectivity index (χ4v) is 1.71. The van der Waals surface area contributed by atoms with Crippen LogP contribution in [0.4, 0.5) is 0 Å². The molecule has 20 heavy (non-hydrogen) atoms. The Kier molecular flexibility index (Phi) is 7.69. The predicted molar refractivity (Wildman–Crippen MR) is 76.8 cm³/mol. The number of methoxy groups -OCH3 is 1. The molecule has 0 aliphatic rings. The molecule has 112 valence electrons. The van der Waals surface area contributed by atoms with Crippen LogP contribution in [-0.2, 0) is 9.53 Å². The van der Waals surface area contributed by atoms with Gasteiger partial charge in [0, 0.05) is 13.7 Å². The second kappa shape index (κ2) is 9.34. The van der Waals surface area contributed by atoms with Crippen LogP contribution in [0.1, 0.15) is 18.4 Å². The molecule has 0 saturated carbocycles. The minimum Gasteiger partial charge on any atom is -0.493 e. The second-order valence-electron chi connectivity index (χ2n) is 4.61. The first-order chi connectivity index (χ1) is 9.63. The van der Waals surface area contributed by atoms with Gasteiger partial charge in [-0.2, -0.15) is 0 Å². The Morgan fingerprint density at radius 3 is 2.85 bits per heavy atom. The molecule has 0 spiro atoms. The van der Waals surface area contributed by atoms with Crippen molar-refractivity contribution < 1.29 is 19.4 Å². The van der Waals surface area contributed by atoms with Crippen molar-refractivity contribution in [3.63, 3.8) is 0 Å². The minimum atomic E-state index is -0.538. The van der Waals surface area contributed by atoms with E-state index in [1.165, 1.54) is 7.11 Å². The SMILES string of the molecule is COCC(O)CCNC(=O)CCOc1ccccc1C. The molecule has 0 saturated heterocycles. The van der Waals surface area contributed by atoms with E-state index in [0.717, 1.165) is 11.3 Å². The summed E-state index contributed by atoms with van der Waals surface area (Å²) in [5, 5.41) is 12.2. The molecular formula is C15H23NO4. The quantitative estimate of drug-likeness (QED) is 0.715. The normalized spacial score (nSPS) is 11.9. The van der Waals surface area contributed by atoms with Gasteiger partial charge < -0.3 is 19.9 Å². The lowest BCUT2D eigenvalue weighted by Gasteiger charge is -2.11. The number of hydrogen-bond acceptors (Lipinski definition) is 4. The Balaban J connectivity index is 2.13. The lowest BCUT2D eigenvalue weighted by molar-refractivity contribution is -0.121. The molecule has 1 amide bonds. The Hall–Kier alpha value is -1.59. The smallest absolute Gasteiger partial charge is 0.223 e. The van der Waals surface area contributed by atoms with E-state index in [0.29, 0.717) is 26.0 Å². The van der Waals surface area contributed by atoms with Crippen molar-refractivity contribution in [2.45, 2.75) is 25.9 Å². The second-order valence-corrected chi connectivity index (χ2v) is 4.61. The molecule has 5 heteroatoms. The van der Waals surface area contributed by atoms with Crippen molar-refractivity contribution in [3.05, 3.63) is 29.8 Å². The number of aliphatic hydroxyl groups is 1. The van der Waals surface area contributed by atoms with Crippen molar-refractivity contribution in [1.82, 2.24) is 5.32 Å². The average Bonchev–Trinajstić information content (AvgIpc) is 2.41. The van der Waals surface area contributed by atoms with Gasteiger partial charge in [0.05, 0.1) is 25.7 Å². The third kappa shape index (κ3) is 6.54. The summed E-state index contributed by atoms with van der Waals surface area (Å²) in [6.07, 6.45) is 0.246. The summed E-state index contributed by atoms with van der Waals surface area (Å²) < 4.78 is 10.3. The molecule has 1 unspecified atom stereocenters. The monoisotopic (exact) mass is 281 g/mol. The first-order valence-corrected chi connectivity index (χ1v) is 6.75. The molecule has 0 heterocycles. The van der Waals surface area contributed by atoms with Crippen LogP contribution >= 0.6 is 0 Å². The van der Waals surface area contributed by atoms with Gasteiger partial charge in [-0.1, -0.05) is 18.2 Å². The molecule has 1 aromatic rings. The molecule has 0 aliphatic carbocycles. The molecular weight excluding hydrogens is 258 g/mol. The molecule has 0 fully saturated rings. The maximum Gasteiger partial charge on any atom is 0.223 e. The number of hydrogen-bond donors (Lipinski definition) is 2. The van der Waals surface area contributed by atoms with Gasteiger partial charge in [0.2, 0.25) is 5.91 Å². The number of aryl methyl sites for hydroxylation is 1. The van der Waals surface area contributed by atoms with Crippen molar-refractivity contribution >= 4 is 5.91 Å². The summed E-state index contributed by atoms with van der Waals surface area (Å²) in [6, 6.07) is 7.70. The fourth-order valence-electron chi connectivity index (χ4n) is 1.71. The highest BCUT2D eigenvalue weighted by Crippen LogP contribution is 2.15. The van der Waals surface area contributed by atoms with Crippen molar-refractivity contribution in [3.8, 4) is 5.75 Å². The maximum absolute atomic E-state index is 11.6. The van der Waals surface area contributed by atoms with Crippen LogP contribution in [0.5, 0.6) is 5.75 Å². The van der Waals surface area contributed by atoms with E-state index in [1.54, 1.807) is 0 Å². The highest BCUT2D eigenvalue weighted by Gasteiger charge is 2.06. The van der Waals surface area contributed by atoms with Gasteiger partial charge in [-0.25, -0.2) is 0 Å². The Morgan fingerprint density at radius 1 is 1.40 bits per heavy atom. The highest BCUT2D eigenvalue weighted by atomic mass is 16.5. The van der Waals surface area contributed by atoms with E-state index >= 15 is 0 Å². The zero-order chi connectivity index (χ0) is 14.8. The van der Waals surface area contributed by atoms with E-state index in [9.17, 15) is 9.90 Å². The van der Waals surface area contributed by atoms with Gasteiger partial charge in [0.25, 0.3) is 0 Å². The van der Waals surface area contributed by atoms with E-state index in [1.807, 2.05) is 31.2 Å². The molecule has 0 aliphatic heterocycles. The van der Waals surface area contributed by atoms with Gasteiger partial charge >= 0.3 is 0 Å². The number of para-hydroxylation sites is 1. The minimum absolute atomic E-state index is 0.0804. The first-order valence-electron chi connectivity index (χ1n) is 6.75. The number of nitrogens with one attached hydrogen (secondary N) is 1. The average molecular weight is 281 g/mol. The highest BCUT2D eigenvalue weighted by molar-refractivity contribution is 5.75. The molecule has 0 bridgehead atoms. The van der Waals surface area contributed by atoms with Gasteiger partial charge in [0.15, 0.2) is 0 Å². The van der Waals surface area contributed by atoms with E-state index < -0.39 is 6.10 Å². The maximum atomic E-state index is 11.6. The molecule has 5 nitrogen and oxygen atoms in total. The number of carbonyl (C=O) groups excluding carboxylic acids is 1. The Bertz CT molecular complexity index is 409. The third-order valence-corrected chi connectivity index (χ3v) is 2.84. The summed E-state index contributed by atoms with van der Waals surface area (Å²) in [4.78, 5) is 11.6. The summed E-state index contributed by atoms with van der Waals surface area (Å²) in [5.74, 6) is 0.721. The number of aliphatic hydroxyl groups excluding tert-OH is 1. The number of ether oxygens (including phenoxy) is 2. The third-order valence-electron chi connectivity index (χ3n) is 2.84. The molecule has 0 aromatic heterocycles. The van der Waals surface area contributed by atoms with E-state index in [-0.39, 0.29) is 12.5 Å². The summed E-state index contributed by atoms with van der Waals surface area (Å²) in [6.45, 7) is 3.03. The topological polar surface area (TPSA) is 67.8 Å². The summed E-state index contributed by atoms with van der Waals surface area (Å²) in [5.41, 5.74) is 1.05. The molecule has 0 radical (unpaired) electrons. The molecule has 2 N–H and O–H groups in total.